The van der Waals surface area contributed by atoms with Crippen molar-refractivity contribution < 1.29 is 18.7 Å². The van der Waals surface area contributed by atoms with Crippen molar-refractivity contribution in [1.82, 2.24) is 4.90 Å². The minimum Gasteiger partial charge on any atom is -0.493 e. The lowest BCUT2D eigenvalue weighted by molar-refractivity contribution is -0.133. The maximum Gasteiger partial charge on any atom is 0.349 e. The summed E-state index contributed by atoms with van der Waals surface area (Å²) in [5, 5.41) is 3.39. The van der Waals surface area contributed by atoms with Crippen molar-refractivity contribution >= 4 is 28.5 Å². The van der Waals surface area contributed by atoms with Crippen LogP contribution in [-0.4, -0.2) is 30.4 Å². The van der Waals surface area contributed by atoms with E-state index in [0.29, 0.717) is 29.0 Å². The van der Waals surface area contributed by atoms with Crippen LogP contribution in [0, 0.1) is 5.92 Å². The summed E-state index contributed by atoms with van der Waals surface area (Å²) in [5.41, 5.74) is 2.27. The number of nitrogens with zero attached hydrogens (tertiary/aromatic N) is 1. The number of benzene rings is 2. The van der Waals surface area contributed by atoms with E-state index in [9.17, 15) is 14.4 Å². The minimum atomic E-state index is -0.728. The summed E-state index contributed by atoms with van der Waals surface area (Å²) in [5.74, 6) is 0.307. The lowest BCUT2D eigenvalue weighted by Crippen LogP contribution is -2.36. The molecule has 7 nitrogen and oxygen atoms in total. The number of nitrogens with one attached hydrogen (secondary N) is 1. The molecule has 5 rings (SSSR count). The van der Waals surface area contributed by atoms with E-state index in [0.717, 1.165) is 31.4 Å². The van der Waals surface area contributed by atoms with Gasteiger partial charge >= 0.3 is 5.63 Å². The Balaban J connectivity index is 1.39. The third-order valence-corrected chi connectivity index (χ3v) is 5.90. The highest BCUT2D eigenvalue weighted by molar-refractivity contribution is 6.05. The highest BCUT2D eigenvalue weighted by atomic mass is 16.5. The molecule has 1 N–H and O–H groups in total. The molecule has 2 heterocycles. The van der Waals surface area contributed by atoms with Gasteiger partial charge in [0, 0.05) is 30.1 Å². The van der Waals surface area contributed by atoms with Crippen molar-refractivity contribution in [3.8, 4) is 5.75 Å². The molecule has 1 saturated carbocycles. The number of anilines is 1. The number of methoxy groups -OCH3 is 1. The van der Waals surface area contributed by atoms with Gasteiger partial charge in [-0.1, -0.05) is 18.2 Å². The molecule has 7 heteroatoms. The van der Waals surface area contributed by atoms with Gasteiger partial charge in [0.25, 0.3) is 5.91 Å². The average Bonchev–Trinajstić information content (AvgIpc) is 3.62. The summed E-state index contributed by atoms with van der Waals surface area (Å²) >= 11 is 0. The SMILES string of the molecule is COc1cccc2cc(C(=O)Nc3ccc4c(c3)CN(C(=O)C3CC3)CC4)c(=O)oc12. The van der Waals surface area contributed by atoms with E-state index in [2.05, 4.69) is 5.32 Å². The molecule has 1 aliphatic heterocycles. The molecule has 2 aromatic carbocycles. The van der Waals surface area contributed by atoms with Gasteiger partial charge in [-0.25, -0.2) is 4.79 Å². The summed E-state index contributed by atoms with van der Waals surface area (Å²) in [6.45, 7) is 1.28. The zero-order chi connectivity index (χ0) is 21.5. The van der Waals surface area contributed by atoms with Gasteiger partial charge in [0.05, 0.1) is 7.11 Å². The van der Waals surface area contributed by atoms with E-state index >= 15 is 0 Å². The van der Waals surface area contributed by atoms with Crippen LogP contribution < -0.4 is 15.7 Å². The number of hydrogen-bond acceptors (Lipinski definition) is 5. The predicted octanol–water partition coefficient (Wildman–Crippen LogP) is 3.35. The van der Waals surface area contributed by atoms with E-state index < -0.39 is 11.5 Å². The maximum atomic E-state index is 12.8. The molecule has 0 bridgehead atoms. The zero-order valence-corrected chi connectivity index (χ0v) is 17.1. The Kier molecular flexibility index (Phi) is 4.73. The molecule has 1 aromatic heterocycles. The fourth-order valence-corrected chi connectivity index (χ4v) is 4.05. The van der Waals surface area contributed by atoms with Gasteiger partial charge < -0.3 is 19.4 Å². The van der Waals surface area contributed by atoms with Crippen LogP contribution in [0.15, 0.2) is 51.7 Å². The number of fused-ring (bicyclic) bond motifs is 2. The zero-order valence-electron chi connectivity index (χ0n) is 17.1. The first-order valence-electron chi connectivity index (χ1n) is 10.4. The highest BCUT2D eigenvalue weighted by Crippen LogP contribution is 2.33. The number of ether oxygens (including phenoxy) is 1. The summed E-state index contributed by atoms with van der Waals surface area (Å²) < 4.78 is 10.6. The second-order valence-corrected chi connectivity index (χ2v) is 8.05. The van der Waals surface area contributed by atoms with Crippen molar-refractivity contribution in [3.05, 3.63) is 69.6 Å². The molecule has 0 radical (unpaired) electrons. The topological polar surface area (TPSA) is 88.9 Å². The quantitative estimate of drug-likeness (QED) is 0.657. The molecular weight excluding hydrogens is 396 g/mol. The van der Waals surface area contributed by atoms with Gasteiger partial charge in [-0.2, -0.15) is 0 Å². The molecular formula is C24H22N2O5. The van der Waals surface area contributed by atoms with E-state index in [1.54, 1.807) is 18.2 Å². The molecule has 158 valence electrons. The Labute approximate surface area is 178 Å². The number of amides is 2. The molecule has 1 fully saturated rings. The third kappa shape index (κ3) is 3.67. The molecule has 1 aliphatic carbocycles. The summed E-state index contributed by atoms with van der Waals surface area (Å²) in [6.07, 6.45) is 2.77. The van der Waals surface area contributed by atoms with Crippen molar-refractivity contribution in [3.63, 3.8) is 0 Å². The van der Waals surface area contributed by atoms with E-state index in [1.165, 1.54) is 18.7 Å². The molecule has 0 atom stereocenters. The van der Waals surface area contributed by atoms with Crippen LogP contribution in [0.1, 0.15) is 34.3 Å². The van der Waals surface area contributed by atoms with Gasteiger partial charge in [-0.05, 0) is 54.7 Å². The van der Waals surface area contributed by atoms with Crippen molar-refractivity contribution in [2.75, 3.05) is 19.0 Å². The monoisotopic (exact) mass is 418 g/mol. The molecule has 31 heavy (non-hydrogen) atoms. The fourth-order valence-electron chi connectivity index (χ4n) is 4.05. The maximum absolute atomic E-state index is 12.8. The first kappa shape index (κ1) is 19.4. The Morgan fingerprint density at radius 1 is 1.13 bits per heavy atom. The van der Waals surface area contributed by atoms with E-state index in [4.69, 9.17) is 9.15 Å². The van der Waals surface area contributed by atoms with Crippen LogP contribution in [0.5, 0.6) is 5.75 Å². The predicted molar refractivity (Wildman–Crippen MR) is 115 cm³/mol. The Hall–Kier alpha value is -3.61. The smallest absolute Gasteiger partial charge is 0.349 e. The second-order valence-electron chi connectivity index (χ2n) is 8.05. The van der Waals surface area contributed by atoms with Gasteiger partial charge in [0.2, 0.25) is 5.91 Å². The largest absolute Gasteiger partial charge is 0.493 e. The van der Waals surface area contributed by atoms with Crippen LogP contribution in [0.25, 0.3) is 11.0 Å². The van der Waals surface area contributed by atoms with E-state index in [-0.39, 0.29) is 17.4 Å². The first-order valence-corrected chi connectivity index (χ1v) is 10.4. The van der Waals surface area contributed by atoms with Gasteiger partial charge in [0.1, 0.15) is 5.56 Å². The summed E-state index contributed by atoms with van der Waals surface area (Å²) in [6, 6.07) is 12.4. The van der Waals surface area contributed by atoms with Crippen LogP contribution in [-0.2, 0) is 17.8 Å². The number of rotatable bonds is 4. The molecule has 2 amide bonds. The van der Waals surface area contributed by atoms with Crippen molar-refractivity contribution in [2.24, 2.45) is 5.92 Å². The minimum absolute atomic E-state index is 0.0796. The molecule has 0 spiro atoms. The highest BCUT2D eigenvalue weighted by Gasteiger charge is 2.34. The number of carbonyl (C=O) groups is 2. The lowest BCUT2D eigenvalue weighted by atomic mass is 9.98. The normalized spacial score (nSPS) is 15.5. The first-order chi connectivity index (χ1) is 15.0. The van der Waals surface area contributed by atoms with Crippen molar-refractivity contribution in [2.45, 2.75) is 25.8 Å². The van der Waals surface area contributed by atoms with Gasteiger partial charge in [0.15, 0.2) is 11.3 Å². The van der Waals surface area contributed by atoms with E-state index in [1.807, 2.05) is 23.1 Å². The van der Waals surface area contributed by atoms with Crippen LogP contribution >= 0.6 is 0 Å². The lowest BCUT2D eigenvalue weighted by Gasteiger charge is -2.29. The van der Waals surface area contributed by atoms with Crippen LogP contribution in [0.3, 0.4) is 0 Å². The third-order valence-electron chi connectivity index (χ3n) is 5.90. The van der Waals surface area contributed by atoms with Gasteiger partial charge in [-0.15, -0.1) is 0 Å². The number of hydrogen-bond donors (Lipinski definition) is 1. The molecule has 2 aliphatic rings. The van der Waals surface area contributed by atoms with Crippen LogP contribution in [0.4, 0.5) is 5.69 Å². The average molecular weight is 418 g/mol. The standard InChI is InChI=1S/C24H22N2O5/c1-30-20-4-2-3-16-12-19(24(29)31-21(16)20)22(27)25-18-8-7-14-9-10-26(13-17(14)11-18)23(28)15-5-6-15/h2-4,7-8,11-12,15H,5-6,9-10,13H2,1H3,(H,25,27). The van der Waals surface area contributed by atoms with Crippen molar-refractivity contribution in [1.29, 1.82) is 0 Å². The molecule has 0 saturated heterocycles. The number of para-hydroxylation sites is 1. The molecule has 3 aromatic rings. The number of carbonyl (C=O) groups excluding carboxylic acids is 2. The summed E-state index contributed by atoms with van der Waals surface area (Å²) in [4.78, 5) is 39.5. The summed E-state index contributed by atoms with van der Waals surface area (Å²) in [7, 11) is 1.49. The molecule has 0 unspecified atom stereocenters. The second kappa shape index (κ2) is 7.58. The Morgan fingerprint density at radius 2 is 1.97 bits per heavy atom. The van der Waals surface area contributed by atoms with Gasteiger partial charge in [-0.3, -0.25) is 9.59 Å². The Bertz CT molecular complexity index is 1260. The Morgan fingerprint density at radius 3 is 2.74 bits per heavy atom. The fraction of sp³-hybridized carbons (Fsp3) is 0.292. The van der Waals surface area contributed by atoms with Crippen LogP contribution in [0.2, 0.25) is 0 Å².